The molecular weight excluding hydrogens is 554 g/mol. The largest absolute Gasteiger partial charge is 0.352 e. The molecule has 2 aromatic rings. The molecule has 1 atom stereocenters. The molecular formula is C26H33Cl2FN4O4S. The lowest BCUT2D eigenvalue weighted by atomic mass is 9.95. The van der Waals surface area contributed by atoms with Crippen LogP contribution in [0.4, 0.5) is 10.1 Å². The number of nitrogens with zero attached hydrogens (tertiary/aromatic N) is 3. The smallest absolute Gasteiger partial charge is 0.304 e. The van der Waals surface area contributed by atoms with E-state index in [2.05, 4.69) is 5.32 Å². The minimum atomic E-state index is -4.13. The van der Waals surface area contributed by atoms with Crippen LogP contribution in [0.2, 0.25) is 10.0 Å². The monoisotopic (exact) mass is 586 g/mol. The Labute approximate surface area is 233 Å². The molecule has 1 N–H and O–H groups in total. The number of hydrogen-bond donors (Lipinski definition) is 1. The van der Waals surface area contributed by atoms with E-state index < -0.39 is 34.5 Å². The maximum absolute atomic E-state index is 13.7. The fourth-order valence-electron chi connectivity index (χ4n) is 4.31. The van der Waals surface area contributed by atoms with E-state index in [9.17, 15) is 22.4 Å². The Kier molecular flexibility index (Phi) is 10.4. The first kappa shape index (κ1) is 30.1. The van der Waals surface area contributed by atoms with Crippen LogP contribution in [0.5, 0.6) is 0 Å². The Morgan fingerprint density at radius 2 is 1.66 bits per heavy atom. The molecule has 0 saturated heterocycles. The number of rotatable bonds is 10. The maximum Gasteiger partial charge on any atom is 0.304 e. The van der Waals surface area contributed by atoms with Crippen LogP contribution in [0.25, 0.3) is 0 Å². The minimum Gasteiger partial charge on any atom is -0.352 e. The van der Waals surface area contributed by atoms with Crippen molar-refractivity contribution < 1.29 is 22.4 Å². The van der Waals surface area contributed by atoms with Gasteiger partial charge in [-0.15, -0.1) is 0 Å². The Morgan fingerprint density at radius 1 is 1.03 bits per heavy atom. The van der Waals surface area contributed by atoms with Crippen LogP contribution in [0.1, 0.15) is 44.6 Å². The second kappa shape index (κ2) is 13.1. The first-order chi connectivity index (χ1) is 17.9. The predicted octanol–water partition coefficient (Wildman–Crippen LogP) is 4.61. The normalized spacial score (nSPS) is 15.2. The van der Waals surface area contributed by atoms with Crippen LogP contribution in [0, 0.1) is 5.82 Å². The number of hydrogen-bond acceptors (Lipinski definition) is 4. The van der Waals surface area contributed by atoms with Crippen molar-refractivity contribution in [1.29, 1.82) is 0 Å². The second-order valence-electron chi connectivity index (χ2n) is 9.56. The molecule has 0 spiro atoms. The molecule has 0 radical (unpaired) electrons. The summed E-state index contributed by atoms with van der Waals surface area (Å²) in [6, 6.07) is 8.81. The number of halogens is 3. The zero-order valence-corrected chi connectivity index (χ0v) is 24.0. The third kappa shape index (κ3) is 7.59. The van der Waals surface area contributed by atoms with Crippen molar-refractivity contribution in [2.24, 2.45) is 0 Å². The van der Waals surface area contributed by atoms with Crippen LogP contribution >= 0.6 is 23.2 Å². The van der Waals surface area contributed by atoms with Gasteiger partial charge in [-0.3, -0.25) is 9.59 Å². The van der Waals surface area contributed by atoms with E-state index in [1.165, 1.54) is 31.1 Å². The fraction of sp³-hybridized carbons (Fsp3) is 0.462. The quantitative estimate of drug-likeness (QED) is 0.440. The van der Waals surface area contributed by atoms with Crippen molar-refractivity contribution in [2.75, 3.05) is 24.9 Å². The van der Waals surface area contributed by atoms with Gasteiger partial charge in [0.05, 0.1) is 15.7 Å². The van der Waals surface area contributed by atoms with Crippen LogP contribution in [-0.2, 0) is 26.3 Å². The minimum absolute atomic E-state index is 0.00571. The molecule has 2 aromatic carbocycles. The third-order valence-corrected chi connectivity index (χ3v) is 9.15. The van der Waals surface area contributed by atoms with Gasteiger partial charge in [0.25, 0.3) is 0 Å². The molecule has 1 fully saturated rings. The summed E-state index contributed by atoms with van der Waals surface area (Å²) in [7, 11) is -1.45. The first-order valence-electron chi connectivity index (χ1n) is 12.4. The Balaban J connectivity index is 1.93. The summed E-state index contributed by atoms with van der Waals surface area (Å²) >= 11 is 12.2. The second-order valence-corrected chi connectivity index (χ2v) is 12.4. The number of amides is 2. The summed E-state index contributed by atoms with van der Waals surface area (Å²) in [5.74, 6) is -1.48. The number of benzene rings is 2. The molecule has 0 aliphatic heterocycles. The molecule has 38 heavy (non-hydrogen) atoms. The van der Waals surface area contributed by atoms with Gasteiger partial charge in [0.1, 0.15) is 18.4 Å². The summed E-state index contributed by atoms with van der Waals surface area (Å²) in [6.07, 6.45) is 4.93. The van der Waals surface area contributed by atoms with Gasteiger partial charge in [-0.2, -0.15) is 12.7 Å². The van der Waals surface area contributed by atoms with E-state index in [-0.39, 0.29) is 24.2 Å². The molecule has 0 bridgehead atoms. The number of nitrogens with one attached hydrogen (secondary N) is 1. The van der Waals surface area contributed by atoms with Gasteiger partial charge in [0, 0.05) is 26.7 Å². The molecule has 12 heteroatoms. The average Bonchev–Trinajstić information content (AvgIpc) is 2.88. The van der Waals surface area contributed by atoms with E-state index in [1.54, 1.807) is 25.1 Å². The van der Waals surface area contributed by atoms with Crippen molar-refractivity contribution in [3.05, 3.63) is 63.9 Å². The van der Waals surface area contributed by atoms with Crippen molar-refractivity contribution in [3.63, 3.8) is 0 Å². The first-order valence-corrected chi connectivity index (χ1v) is 14.5. The highest BCUT2D eigenvalue weighted by Gasteiger charge is 2.33. The summed E-state index contributed by atoms with van der Waals surface area (Å²) < 4.78 is 41.7. The molecule has 1 unspecified atom stereocenters. The topological polar surface area (TPSA) is 90.0 Å². The summed E-state index contributed by atoms with van der Waals surface area (Å²) in [4.78, 5) is 28.3. The lowest BCUT2D eigenvalue weighted by Crippen LogP contribution is -2.53. The van der Waals surface area contributed by atoms with Gasteiger partial charge in [-0.1, -0.05) is 48.5 Å². The van der Waals surface area contributed by atoms with E-state index in [1.807, 2.05) is 0 Å². The van der Waals surface area contributed by atoms with Crippen molar-refractivity contribution >= 4 is 50.9 Å². The van der Waals surface area contributed by atoms with Crippen molar-refractivity contribution in [1.82, 2.24) is 14.5 Å². The maximum atomic E-state index is 13.7. The lowest BCUT2D eigenvalue weighted by molar-refractivity contribution is -0.139. The zero-order valence-electron chi connectivity index (χ0n) is 21.7. The zero-order chi connectivity index (χ0) is 28.0. The fourth-order valence-corrected chi connectivity index (χ4v) is 5.69. The Bertz CT molecular complexity index is 1240. The van der Waals surface area contributed by atoms with Crippen molar-refractivity contribution in [2.45, 2.75) is 57.7 Å². The highest BCUT2D eigenvalue weighted by molar-refractivity contribution is 7.90. The number of carbonyl (C=O) groups excluding carboxylic acids is 2. The Morgan fingerprint density at radius 3 is 2.24 bits per heavy atom. The summed E-state index contributed by atoms with van der Waals surface area (Å²) in [6.45, 7) is 0.999. The lowest BCUT2D eigenvalue weighted by Gasteiger charge is -2.34. The average molecular weight is 588 g/mol. The highest BCUT2D eigenvalue weighted by Crippen LogP contribution is 2.25. The predicted molar refractivity (Wildman–Crippen MR) is 148 cm³/mol. The molecule has 1 aliphatic rings. The third-order valence-electron chi connectivity index (χ3n) is 6.59. The van der Waals surface area contributed by atoms with E-state index >= 15 is 0 Å². The molecule has 0 aromatic heterocycles. The van der Waals surface area contributed by atoms with Crippen LogP contribution in [0.15, 0.2) is 42.5 Å². The molecule has 0 heterocycles. The van der Waals surface area contributed by atoms with Crippen LogP contribution in [-0.4, -0.2) is 62.2 Å². The van der Waals surface area contributed by atoms with Crippen LogP contribution < -0.4 is 9.62 Å². The molecule has 8 nitrogen and oxygen atoms in total. The molecule has 1 aliphatic carbocycles. The van der Waals surface area contributed by atoms with Gasteiger partial charge in [0.2, 0.25) is 11.8 Å². The summed E-state index contributed by atoms with van der Waals surface area (Å²) in [5, 5.41) is 3.67. The molecule has 3 rings (SSSR count). The standard InChI is InChI=1S/C26H33Cl2FN4O4S/c1-18(26(35)30-21-7-5-4-6-8-21)32(16-19-9-14-23(27)24(28)15-19)25(34)17-33(38(36,37)31(2)3)22-12-10-20(29)11-13-22/h9-15,18,21H,4-8,16-17H2,1-3H3,(H,30,35). The molecule has 2 amide bonds. The van der Waals surface area contributed by atoms with E-state index in [4.69, 9.17) is 23.2 Å². The van der Waals surface area contributed by atoms with Crippen molar-refractivity contribution in [3.8, 4) is 0 Å². The van der Waals surface area contributed by atoms with Gasteiger partial charge in [0.15, 0.2) is 0 Å². The van der Waals surface area contributed by atoms with E-state index in [0.29, 0.717) is 15.6 Å². The van der Waals surface area contributed by atoms with Gasteiger partial charge < -0.3 is 10.2 Å². The van der Waals surface area contributed by atoms with Gasteiger partial charge in [-0.05, 0) is 61.7 Å². The van der Waals surface area contributed by atoms with Gasteiger partial charge in [-0.25, -0.2) is 8.70 Å². The molecule has 208 valence electrons. The SMILES string of the molecule is CC(C(=O)NC1CCCCC1)N(Cc1ccc(Cl)c(Cl)c1)C(=O)CN(c1ccc(F)cc1)S(=O)(=O)N(C)C. The van der Waals surface area contributed by atoms with Crippen LogP contribution in [0.3, 0.4) is 0 Å². The molecule has 1 saturated carbocycles. The number of anilines is 1. The Hall–Kier alpha value is -2.40. The highest BCUT2D eigenvalue weighted by atomic mass is 35.5. The summed E-state index contributed by atoms with van der Waals surface area (Å²) in [5.41, 5.74) is 0.733. The van der Waals surface area contributed by atoms with Gasteiger partial charge >= 0.3 is 10.2 Å². The number of carbonyl (C=O) groups is 2. The van der Waals surface area contributed by atoms with E-state index in [0.717, 1.165) is 52.8 Å².